The number of rotatable bonds is 2. The summed E-state index contributed by atoms with van der Waals surface area (Å²) in [7, 11) is 0. The van der Waals surface area contributed by atoms with Crippen LogP contribution in [0, 0.1) is 12.8 Å². The number of amides is 1. The Kier molecular flexibility index (Phi) is 3.07. The fourth-order valence-corrected chi connectivity index (χ4v) is 2.45. The van der Waals surface area contributed by atoms with Gasteiger partial charge in [0.2, 0.25) is 0 Å². The number of hydrogen-bond acceptors (Lipinski definition) is 3. The maximum atomic E-state index is 12.2. The normalized spacial score (nSPS) is 21.3. The van der Waals surface area contributed by atoms with E-state index in [1.54, 1.807) is 12.4 Å². The number of carbonyl (C=O) groups is 1. The molecule has 3 rings (SSSR count). The fourth-order valence-electron chi connectivity index (χ4n) is 2.45. The molecule has 0 unspecified atom stereocenters. The monoisotopic (exact) mass is 248 g/mol. The maximum absolute atomic E-state index is 12.2. The molecule has 0 aromatic carbocycles. The zero-order valence-corrected chi connectivity index (χ0v) is 10.9. The minimum absolute atomic E-state index is 0.00849. The molecule has 0 spiro atoms. The lowest BCUT2D eigenvalue weighted by Crippen LogP contribution is -2.50. The third-order valence-electron chi connectivity index (χ3n) is 3.76. The summed E-state index contributed by atoms with van der Waals surface area (Å²) in [5.41, 5.74) is 1.02. The van der Waals surface area contributed by atoms with Crippen LogP contribution in [0.3, 0.4) is 0 Å². The lowest BCUT2D eigenvalue weighted by molar-refractivity contribution is 0.135. The molecule has 0 N–H and O–H groups in total. The standard InChI is InChI=1S/C13H20N4O/c1-11-8-14-17(9-11)13(18)16-6-4-15(5-7-16)10-12-2-3-12/h8-9,12H,2-7,10H2,1H3. The van der Waals surface area contributed by atoms with Gasteiger partial charge in [0.15, 0.2) is 0 Å². The average molecular weight is 248 g/mol. The molecule has 2 heterocycles. The van der Waals surface area contributed by atoms with Crippen molar-refractivity contribution in [2.45, 2.75) is 19.8 Å². The van der Waals surface area contributed by atoms with Gasteiger partial charge >= 0.3 is 6.03 Å². The highest BCUT2D eigenvalue weighted by Crippen LogP contribution is 2.29. The van der Waals surface area contributed by atoms with Gasteiger partial charge in [-0.2, -0.15) is 9.78 Å². The first-order chi connectivity index (χ1) is 8.72. The molecule has 5 heteroatoms. The number of aryl methyl sites for hydroxylation is 1. The first kappa shape index (κ1) is 11.7. The summed E-state index contributed by atoms with van der Waals surface area (Å²) in [5, 5.41) is 4.08. The van der Waals surface area contributed by atoms with Gasteiger partial charge in [-0.3, -0.25) is 4.90 Å². The van der Waals surface area contributed by atoms with E-state index in [0.717, 1.165) is 37.7 Å². The van der Waals surface area contributed by atoms with Crippen molar-refractivity contribution >= 4 is 6.03 Å². The SMILES string of the molecule is Cc1cnn(C(=O)N2CCN(CC3CC3)CC2)c1. The van der Waals surface area contributed by atoms with E-state index >= 15 is 0 Å². The van der Waals surface area contributed by atoms with Crippen LogP contribution in [0.2, 0.25) is 0 Å². The molecular formula is C13H20N4O. The van der Waals surface area contributed by atoms with E-state index in [4.69, 9.17) is 0 Å². The van der Waals surface area contributed by atoms with E-state index in [1.807, 2.05) is 11.8 Å². The lowest BCUT2D eigenvalue weighted by Gasteiger charge is -2.34. The molecule has 0 radical (unpaired) electrons. The fraction of sp³-hybridized carbons (Fsp3) is 0.692. The van der Waals surface area contributed by atoms with Crippen molar-refractivity contribution in [1.29, 1.82) is 0 Å². The van der Waals surface area contributed by atoms with E-state index in [-0.39, 0.29) is 6.03 Å². The van der Waals surface area contributed by atoms with Crippen molar-refractivity contribution in [3.63, 3.8) is 0 Å². The number of nitrogens with zero attached hydrogens (tertiary/aromatic N) is 4. The predicted octanol–water partition coefficient (Wildman–Crippen LogP) is 1.19. The van der Waals surface area contributed by atoms with E-state index < -0.39 is 0 Å². The van der Waals surface area contributed by atoms with Gasteiger partial charge in [0, 0.05) is 38.9 Å². The van der Waals surface area contributed by atoms with Gasteiger partial charge in [-0.25, -0.2) is 4.79 Å². The first-order valence-electron chi connectivity index (χ1n) is 6.75. The molecule has 2 aliphatic rings. The van der Waals surface area contributed by atoms with Crippen LogP contribution >= 0.6 is 0 Å². The Morgan fingerprint density at radius 2 is 2.06 bits per heavy atom. The van der Waals surface area contributed by atoms with E-state index in [9.17, 15) is 4.79 Å². The molecule has 0 atom stereocenters. The summed E-state index contributed by atoms with van der Waals surface area (Å²) in [5.74, 6) is 0.931. The molecule has 0 bridgehead atoms. The van der Waals surface area contributed by atoms with Crippen LogP contribution < -0.4 is 0 Å². The van der Waals surface area contributed by atoms with Crippen LogP contribution in [-0.4, -0.2) is 58.3 Å². The number of carbonyl (C=O) groups excluding carboxylic acids is 1. The van der Waals surface area contributed by atoms with Crippen LogP contribution in [-0.2, 0) is 0 Å². The van der Waals surface area contributed by atoms with Crippen molar-refractivity contribution in [2.24, 2.45) is 5.92 Å². The second kappa shape index (κ2) is 4.72. The van der Waals surface area contributed by atoms with Crippen molar-refractivity contribution < 1.29 is 4.79 Å². The van der Waals surface area contributed by atoms with Crippen LogP contribution in [0.4, 0.5) is 4.79 Å². The second-order valence-corrected chi connectivity index (χ2v) is 5.48. The van der Waals surface area contributed by atoms with Crippen molar-refractivity contribution in [3.8, 4) is 0 Å². The molecule has 2 fully saturated rings. The van der Waals surface area contributed by atoms with Gasteiger partial charge in [-0.05, 0) is 31.2 Å². The molecule has 1 aromatic rings. The minimum atomic E-state index is 0.00849. The Morgan fingerprint density at radius 3 is 2.61 bits per heavy atom. The molecule has 98 valence electrons. The maximum Gasteiger partial charge on any atom is 0.344 e. The zero-order valence-electron chi connectivity index (χ0n) is 10.9. The van der Waals surface area contributed by atoms with E-state index in [1.165, 1.54) is 24.1 Å². The minimum Gasteiger partial charge on any atom is -0.320 e. The third kappa shape index (κ3) is 2.56. The number of piperazine rings is 1. The molecule has 1 saturated heterocycles. The van der Waals surface area contributed by atoms with Crippen molar-refractivity contribution in [2.75, 3.05) is 32.7 Å². The van der Waals surface area contributed by atoms with E-state index in [0.29, 0.717) is 0 Å². The summed E-state index contributed by atoms with van der Waals surface area (Å²) in [6, 6.07) is 0.00849. The summed E-state index contributed by atoms with van der Waals surface area (Å²) in [6.07, 6.45) is 6.30. The molecule has 1 aromatic heterocycles. The van der Waals surface area contributed by atoms with Gasteiger partial charge < -0.3 is 4.90 Å². The highest BCUT2D eigenvalue weighted by molar-refractivity contribution is 5.76. The predicted molar refractivity (Wildman–Crippen MR) is 68.5 cm³/mol. The summed E-state index contributed by atoms with van der Waals surface area (Å²) < 4.78 is 1.45. The highest BCUT2D eigenvalue weighted by Gasteiger charge is 2.28. The quantitative estimate of drug-likeness (QED) is 0.789. The molecule has 1 aliphatic heterocycles. The smallest absolute Gasteiger partial charge is 0.320 e. The Morgan fingerprint density at radius 1 is 1.33 bits per heavy atom. The number of aromatic nitrogens is 2. The van der Waals surface area contributed by atoms with Crippen LogP contribution in [0.5, 0.6) is 0 Å². The Hall–Kier alpha value is -1.36. The van der Waals surface area contributed by atoms with Gasteiger partial charge in [-0.15, -0.1) is 0 Å². The summed E-state index contributed by atoms with van der Waals surface area (Å²) >= 11 is 0. The van der Waals surface area contributed by atoms with Gasteiger partial charge in [-0.1, -0.05) is 0 Å². The van der Waals surface area contributed by atoms with Gasteiger partial charge in [0.25, 0.3) is 0 Å². The average Bonchev–Trinajstić information content (AvgIpc) is 3.09. The molecule has 18 heavy (non-hydrogen) atoms. The van der Waals surface area contributed by atoms with Crippen LogP contribution in [0.1, 0.15) is 18.4 Å². The van der Waals surface area contributed by atoms with E-state index in [2.05, 4.69) is 10.00 Å². The van der Waals surface area contributed by atoms with Gasteiger partial charge in [0.05, 0.1) is 6.20 Å². The Labute approximate surface area is 107 Å². The Balaban J connectivity index is 1.53. The van der Waals surface area contributed by atoms with Crippen molar-refractivity contribution in [1.82, 2.24) is 19.6 Å². The van der Waals surface area contributed by atoms with Gasteiger partial charge in [0.1, 0.15) is 0 Å². The summed E-state index contributed by atoms with van der Waals surface area (Å²) in [4.78, 5) is 16.5. The topological polar surface area (TPSA) is 41.4 Å². The molecule has 1 aliphatic carbocycles. The van der Waals surface area contributed by atoms with Crippen LogP contribution in [0.15, 0.2) is 12.4 Å². The zero-order chi connectivity index (χ0) is 12.5. The summed E-state index contributed by atoms with van der Waals surface area (Å²) in [6.45, 7) is 6.83. The first-order valence-corrected chi connectivity index (χ1v) is 6.75. The largest absolute Gasteiger partial charge is 0.344 e. The highest BCUT2D eigenvalue weighted by atomic mass is 16.2. The van der Waals surface area contributed by atoms with Crippen molar-refractivity contribution in [3.05, 3.63) is 18.0 Å². The second-order valence-electron chi connectivity index (χ2n) is 5.48. The number of hydrogen-bond donors (Lipinski definition) is 0. The Bertz CT molecular complexity index is 430. The molecule has 5 nitrogen and oxygen atoms in total. The molecule has 1 saturated carbocycles. The lowest BCUT2D eigenvalue weighted by atomic mass is 10.3. The third-order valence-corrected chi connectivity index (χ3v) is 3.76. The van der Waals surface area contributed by atoms with Crippen LogP contribution in [0.25, 0.3) is 0 Å². The molecular weight excluding hydrogens is 228 g/mol. The molecule has 1 amide bonds.